The van der Waals surface area contributed by atoms with Crippen molar-refractivity contribution in [2.45, 2.75) is 24.1 Å². The smallest absolute Gasteiger partial charge is 0.333 e. The van der Waals surface area contributed by atoms with E-state index in [1.54, 1.807) is 0 Å². The molecule has 6 N–H and O–H groups in total. The largest absolute Gasteiger partial charge is 0.388 e. The SMILES string of the molecule is NS(=O)(=O)OCC1(O)OC[C@@H](O)[C@@H](O)[C@@H]1O. The highest BCUT2D eigenvalue weighted by atomic mass is 32.2. The lowest BCUT2D eigenvalue weighted by atomic mass is 9.98. The van der Waals surface area contributed by atoms with Gasteiger partial charge in [-0.25, -0.2) is 5.14 Å². The Morgan fingerprint density at radius 1 is 1.44 bits per heavy atom. The molecule has 96 valence electrons. The van der Waals surface area contributed by atoms with Crippen molar-refractivity contribution in [3.63, 3.8) is 0 Å². The minimum atomic E-state index is -4.31. The van der Waals surface area contributed by atoms with E-state index in [0.717, 1.165) is 0 Å². The molecule has 4 atom stereocenters. The van der Waals surface area contributed by atoms with E-state index >= 15 is 0 Å². The maximum absolute atomic E-state index is 10.5. The summed E-state index contributed by atoms with van der Waals surface area (Å²) in [6.45, 7) is -1.47. The molecule has 0 spiro atoms. The summed E-state index contributed by atoms with van der Waals surface area (Å²) in [6, 6.07) is 0. The zero-order chi connectivity index (χ0) is 12.6. The Kier molecular flexibility index (Phi) is 3.87. The quantitative estimate of drug-likeness (QED) is 0.343. The van der Waals surface area contributed by atoms with Gasteiger partial charge in [-0.2, -0.15) is 8.42 Å². The van der Waals surface area contributed by atoms with Crippen molar-refractivity contribution in [2.24, 2.45) is 5.14 Å². The Labute approximate surface area is 91.3 Å². The lowest BCUT2D eigenvalue weighted by Crippen LogP contribution is -2.63. The van der Waals surface area contributed by atoms with Gasteiger partial charge in [0.1, 0.15) is 24.9 Å². The van der Waals surface area contributed by atoms with E-state index in [9.17, 15) is 23.7 Å². The molecule has 1 aliphatic heterocycles. The number of hydrogen-bond acceptors (Lipinski definition) is 8. The molecule has 1 saturated heterocycles. The van der Waals surface area contributed by atoms with Crippen LogP contribution >= 0.6 is 0 Å². The average molecular weight is 259 g/mol. The topological polar surface area (TPSA) is 160 Å². The molecule has 0 amide bonds. The van der Waals surface area contributed by atoms with Crippen molar-refractivity contribution >= 4 is 10.3 Å². The van der Waals surface area contributed by atoms with E-state index in [0.29, 0.717) is 0 Å². The number of rotatable bonds is 3. The van der Waals surface area contributed by atoms with Crippen LogP contribution in [0.3, 0.4) is 0 Å². The van der Waals surface area contributed by atoms with Crippen molar-refractivity contribution < 1.29 is 37.8 Å². The molecule has 9 nitrogen and oxygen atoms in total. The van der Waals surface area contributed by atoms with E-state index in [1.165, 1.54) is 0 Å². The Morgan fingerprint density at radius 2 is 2.00 bits per heavy atom. The summed E-state index contributed by atoms with van der Waals surface area (Å²) >= 11 is 0. The Hall–Kier alpha value is -0.330. The van der Waals surface area contributed by atoms with E-state index in [4.69, 9.17) is 5.11 Å². The summed E-state index contributed by atoms with van der Waals surface area (Å²) < 4.78 is 29.6. The van der Waals surface area contributed by atoms with Crippen molar-refractivity contribution in [3.05, 3.63) is 0 Å². The molecule has 1 fully saturated rings. The number of ether oxygens (including phenoxy) is 1. The summed E-state index contributed by atoms with van der Waals surface area (Å²) in [6.07, 6.45) is -4.98. The number of hydrogen-bond donors (Lipinski definition) is 5. The van der Waals surface area contributed by atoms with Crippen LogP contribution in [0.2, 0.25) is 0 Å². The van der Waals surface area contributed by atoms with Crippen molar-refractivity contribution in [1.82, 2.24) is 0 Å². The van der Waals surface area contributed by atoms with Crippen LogP contribution in [0.5, 0.6) is 0 Å². The summed E-state index contributed by atoms with van der Waals surface area (Å²) in [5.74, 6) is -2.44. The molecule has 1 rings (SSSR count). The fraction of sp³-hybridized carbons (Fsp3) is 1.00. The zero-order valence-corrected chi connectivity index (χ0v) is 8.87. The van der Waals surface area contributed by atoms with Crippen LogP contribution in [0.4, 0.5) is 0 Å². The van der Waals surface area contributed by atoms with Crippen LogP contribution in [0.1, 0.15) is 0 Å². The lowest BCUT2D eigenvalue weighted by Gasteiger charge is -2.40. The molecule has 0 aliphatic carbocycles. The summed E-state index contributed by atoms with van der Waals surface area (Å²) in [4.78, 5) is 0. The second kappa shape index (κ2) is 4.50. The maximum Gasteiger partial charge on any atom is 0.333 e. The highest BCUT2D eigenvalue weighted by molar-refractivity contribution is 7.84. The van der Waals surface area contributed by atoms with Gasteiger partial charge in [0.05, 0.1) is 6.61 Å². The van der Waals surface area contributed by atoms with Crippen LogP contribution < -0.4 is 5.14 Å². The van der Waals surface area contributed by atoms with E-state index in [-0.39, 0.29) is 0 Å². The van der Waals surface area contributed by atoms with Gasteiger partial charge in [-0.15, -0.1) is 0 Å². The molecule has 16 heavy (non-hydrogen) atoms. The van der Waals surface area contributed by atoms with Crippen LogP contribution in [-0.4, -0.2) is 66.2 Å². The second-order valence-electron chi connectivity index (χ2n) is 3.41. The van der Waals surface area contributed by atoms with Gasteiger partial charge < -0.3 is 25.2 Å². The molecular formula is C6H13NO8S. The molecule has 0 bridgehead atoms. The van der Waals surface area contributed by atoms with Crippen LogP contribution in [0.25, 0.3) is 0 Å². The first-order chi connectivity index (χ1) is 7.16. The van der Waals surface area contributed by atoms with Crippen molar-refractivity contribution in [1.29, 1.82) is 0 Å². The average Bonchev–Trinajstić information content (AvgIpc) is 2.18. The highest BCUT2D eigenvalue weighted by Gasteiger charge is 2.49. The fourth-order valence-electron chi connectivity index (χ4n) is 1.18. The fourth-order valence-corrected chi connectivity index (χ4v) is 1.52. The third kappa shape index (κ3) is 3.09. The molecule has 0 radical (unpaired) electrons. The zero-order valence-electron chi connectivity index (χ0n) is 8.05. The Morgan fingerprint density at radius 3 is 2.50 bits per heavy atom. The standard InChI is InChI=1S/C6H13NO8S/c7-16(12,13)15-2-6(11)5(10)4(9)3(8)1-14-6/h3-5,8-11H,1-2H2,(H2,7,12,13)/t3-,4-,5+,6?/m1/s1. The van der Waals surface area contributed by atoms with Crippen LogP contribution in [-0.2, 0) is 19.2 Å². The molecule has 0 aromatic carbocycles. The first-order valence-corrected chi connectivity index (χ1v) is 5.70. The van der Waals surface area contributed by atoms with Gasteiger partial charge in [0.15, 0.2) is 0 Å². The lowest BCUT2D eigenvalue weighted by molar-refractivity contribution is -0.328. The molecule has 1 heterocycles. The number of nitrogens with two attached hydrogens (primary N) is 1. The third-order valence-corrected chi connectivity index (χ3v) is 2.56. The Balaban J connectivity index is 2.70. The molecule has 0 aromatic heterocycles. The molecular weight excluding hydrogens is 246 g/mol. The molecule has 10 heteroatoms. The summed E-state index contributed by atoms with van der Waals surface area (Å²) in [5.41, 5.74) is 0. The van der Waals surface area contributed by atoms with Gasteiger partial charge >= 0.3 is 10.3 Å². The number of aliphatic hydroxyl groups excluding tert-OH is 3. The predicted octanol–water partition coefficient (Wildman–Crippen LogP) is -3.99. The molecule has 0 saturated carbocycles. The summed E-state index contributed by atoms with van der Waals surface area (Å²) in [7, 11) is -4.31. The minimum absolute atomic E-state index is 0.483. The van der Waals surface area contributed by atoms with E-state index in [2.05, 4.69) is 14.1 Å². The van der Waals surface area contributed by atoms with Crippen molar-refractivity contribution in [2.75, 3.05) is 13.2 Å². The van der Waals surface area contributed by atoms with Gasteiger partial charge in [-0.1, -0.05) is 0 Å². The van der Waals surface area contributed by atoms with E-state index < -0.39 is 47.6 Å². The molecule has 1 aliphatic rings. The highest BCUT2D eigenvalue weighted by Crippen LogP contribution is 2.24. The normalized spacial score (nSPS) is 40.9. The van der Waals surface area contributed by atoms with Gasteiger partial charge in [0, 0.05) is 0 Å². The van der Waals surface area contributed by atoms with Gasteiger partial charge in [0.25, 0.3) is 0 Å². The first kappa shape index (κ1) is 13.7. The second-order valence-corrected chi connectivity index (χ2v) is 4.63. The minimum Gasteiger partial charge on any atom is -0.388 e. The summed E-state index contributed by atoms with van der Waals surface area (Å²) in [5, 5.41) is 41.8. The predicted molar refractivity (Wildman–Crippen MR) is 48.0 cm³/mol. The van der Waals surface area contributed by atoms with E-state index in [1.807, 2.05) is 0 Å². The third-order valence-electron chi connectivity index (χ3n) is 2.11. The monoisotopic (exact) mass is 259 g/mol. The first-order valence-electron chi connectivity index (χ1n) is 4.23. The number of aliphatic hydroxyl groups is 4. The van der Waals surface area contributed by atoms with Gasteiger partial charge in [0.2, 0.25) is 5.79 Å². The Bertz CT molecular complexity index is 344. The van der Waals surface area contributed by atoms with Gasteiger partial charge in [-0.3, -0.25) is 4.18 Å². The van der Waals surface area contributed by atoms with Gasteiger partial charge in [-0.05, 0) is 0 Å². The molecule has 0 aromatic rings. The molecule has 1 unspecified atom stereocenters. The van der Waals surface area contributed by atoms with Crippen LogP contribution in [0.15, 0.2) is 0 Å². The maximum atomic E-state index is 10.5. The van der Waals surface area contributed by atoms with Crippen LogP contribution in [0, 0.1) is 0 Å². The van der Waals surface area contributed by atoms with Crippen molar-refractivity contribution in [3.8, 4) is 0 Å².